The molecule has 0 aromatic carbocycles. The van der Waals surface area contributed by atoms with Gasteiger partial charge in [-0.05, 0) is 24.8 Å². The van der Waals surface area contributed by atoms with Crippen LogP contribution in [0.3, 0.4) is 0 Å². The van der Waals surface area contributed by atoms with Crippen molar-refractivity contribution < 1.29 is 4.42 Å². The first kappa shape index (κ1) is 10.5. The Morgan fingerprint density at radius 2 is 2.38 bits per heavy atom. The Balaban J connectivity index is 2.26. The molecule has 0 amide bonds. The first-order valence-corrected chi connectivity index (χ1v) is 5.26. The SMILES string of the molecule is Cc1coc(Sc2ncc(C#N)cc2N)n1. The van der Waals surface area contributed by atoms with E-state index >= 15 is 0 Å². The topological polar surface area (TPSA) is 88.7 Å². The largest absolute Gasteiger partial charge is 0.439 e. The van der Waals surface area contributed by atoms with E-state index in [1.807, 2.05) is 13.0 Å². The predicted octanol–water partition coefficient (Wildman–Crippen LogP) is 1.98. The molecule has 2 N–H and O–H groups in total. The lowest BCUT2D eigenvalue weighted by Gasteiger charge is -2.00. The molecule has 6 heteroatoms. The van der Waals surface area contributed by atoms with Crippen LogP contribution in [-0.4, -0.2) is 9.97 Å². The number of nitrogens with zero attached hydrogens (tertiary/aromatic N) is 3. The van der Waals surface area contributed by atoms with Crippen molar-refractivity contribution in [3.8, 4) is 6.07 Å². The fourth-order valence-corrected chi connectivity index (χ4v) is 1.81. The summed E-state index contributed by atoms with van der Waals surface area (Å²) >= 11 is 1.23. The van der Waals surface area contributed by atoms with Gasteiger partial charge < -0.3 is 10.2 Å². The Hall–Kier alpha value is -2.00. The third kappa shape index (κ3) is 2.15. The van der Waals surface area contributed by atoms with Crippen LogP contribution in [0.15, 0.2) is 33.2 Å². The van der Waals surface area contributed by atoms with Crippen molar-refractivity contribution in [2.75, 3.05) is 5.73 Å². The predicted molar refractivity (Wildman–Crippen MR) is 58.7 cm³/mol. The third-order valence-corrected chi connectivity index (χ3v) is 2.69. The molecule has 0 spiro atoms. The number of nitrogen functional groups attached to an aromatic ring is 1. The zero-order valence-electron chi connectivity index (χ0n) is 8.47. The van der Waals surface area contributed by atoms with Gasteiger partial charge in [-0.15, -0.1) is 0 Å². The average Bonchev–Trinajstić information content (AvgIpc) is 2.67. The molecule has 0 saturated carbocycles. The number of rotatable bonds is 2. The smallest absolute Gasteiger partial charge is 0.262 e. The molecule has 16 heavy (non-hydrogen) atoms. The number of aryl methyl sites for hydroxylation is 1. The highest BCUT2D eigenvalue weighted by Crippen LogP contribution is 2.29. The van der Waals surface area contributed by atoms with E-state index in [1.165, 1.54) is 18.0 Å². The third-order valence-electron chi connectivity index (χ3n) is 1.79. The number of aromatic nitrogens is 2. The highest BCUT2D eigenvalue weighted by atomic mass is 32.2. The Kier molecular flexibility index (Phi) is 2.79. The van der Waals surface area contributed by atoms with Crippen LogP contribution in [0.5, 0.6) is 0 Å². The molecule has 2 aromatic rings. The van der Waals surface area contributed by atoms with Gasteiger partial charge in [0.1, 0.15) is 17.4 Å². The van der Waals surface area contributed by atoms with Gasteiger partial charge in [0.05, 0.1) is 16.9 Å². The van der Waals surface area contributed by atoms with Crippen LogP contribution in [0.2, 0.25) is 0 Å². The molecule has 2 aromatic heterocycles. The Bertz CT molecular complexity index is 558. The van der Waals surface area contributed by atoms with Gasteiger partial charge in [0.15, 0.2) is 0 Å². The van der Waals surface area contributed by atoms with E-state index in [1.54, 1.807) is 12.3 Å². The summed E-state index contributed by atoms with van der Waals surface area (Å²) in [5, 5.41) is 9.73. The summed E-state index contributed by atoms with van der Waals surface area (Å²) in [4.78, 5) is 8.19. The van der Waals surface area contributed by atoms with E-state index in [9.17, 15) is 0 Å². The monoisotopic (exact) mass is 232 g/mol. The Morgan fingerprint density at radius 3 is 2.94 bits per heavy atom. The van der Waals surface area contributed by atoms with Crippen molar-refractivity contribution in [2.45, 2.75) is 17.2 Å². The molecule has 0 aliphatic rings. The molecule has 2 rings (SSSR count). The number of nitriles is 1. The summed E-state index contributed by atoms with van der Waals surface area (Å²) in [6, 6.07) is 3.55. The molecule has 0 radical (unpaired) electrons. The summed E-state index contributed by atoms with van der Waals surface area (Å²) < 4.78 is 5.17. The maximum Gasteiger partial charge on any atom is 0.262 e. The maximum absolute atomic E-state index is 8.66. The molecule has 0 unspecified atom stereocenters. The van der Waals surface area contributed by atoms with Gasteiger partial charge in [-0.2, -0.15) is 5.26 Å². The normalized spacial score (nSPS) is 10.0. The Morgan fingerprint density at radius 1 is 1.56 bits per heavy atom. The number of oxazole rings is 1. The molecular formula is C10H8N4OS. The van der Waals surface area contributed by atoms with Crippen molar-refractivity contribution in [1.82, 2.24) is 9.97 Å². The molecular weight excluding hydrogens is 224 g/mol. The minimum Gasteiger partial charge on any atom is -0.439 e. The highest BCUT2D eigenvalue weighted by Gasteiger charge is 2.08. The minimum absolute atomic E-state index is 0.436. The van der Waals surface area contributed by atoms with Crippen molar-refractivity contribution in [1.29, 1.82) is 5.26 Å². The zero-order valence-corrected chi connectivity index (χ0v) is 9.28. The minimum atomic E-state index is 0.436. The summed E-state index contributed by atoms with van der Waals surface area (Å²) in [6.07, 6.45) is 3.02. The van der Waals surface area contributed by atoms with Crippen LogP contribution >= 0.6 is 11.8 Å². The van der Waals surface area contributed by atoms with Crippen molar-refractivity contribution in [2.24, 2.45) is 0 Å². The van der Waals surface area contributed by atoms with Crippen molar-refractivity contribution >= 4 is 17.4 Å². The number of nitrogens with two attached hydrogens (primary N) is 1. The van der Waals surface area contributed by atoms with E-state index in [4.69, 9.17) is 15.4 Å². The molecule has 0 bridgehead atoms. The second-order valence-corrected chi connectivity index (χ2v) is 4.03. The first-order chi connectivity index (χ1) is 7.69. The van der Waals surface area contributed by atoms with Crippen LogP contribution in [-0.2, 0) is 0 Å². The molecule has 2 heterocycles. The van der Waals surface area contributed by atoms with E-state index in [-0.39, 0.29) is 0 Å². The van der Waals surface area contributed by atoms with Crippen molar-refractivity contribution in [3.05, 3.63) is 29.8 Å². The molecule has 0 saturated heterocycles. The fourth-order valence-electron chi connectivity index (χ4n) is 1.08. The molecule has 0 aliphatic carbocycles. The van der Waals surface area contributed by atoms with Gasteiger partial charge in [-0.25, -0.2) is 9.97 Å². The van der Waals surface area contributed by atoms with Crippen LogP contribution < -0.4 is 5.73 Å². The second kappa shape index (κ2) is 4.24. The van der Waals surface area contributed by atoms with Gasteiger partial charge in [-0.3, -0.25) is 0 Å². The second-order valence-electron chi connectivity index (χ2n) is 3.09. The van der Waals surface area contributed by atoms with Crippen LogP contribution in [0.25, 0.3) is 0 Å². The van der Waals surface area contributed by atoms with Gasteiger partial charge >= 0.3 is 0 Å². The van der Waals surface area contributed by atoms with Crippen LogP contribution in [0.1, 0.15) is 11.3 Å². The van der Waals surface area contributed by atoms with E-state index in [2.05, 4.69) is 9.97 Å². The van der Waals surface area contributed by atoms with E-state index in [0.29, 0.717) is 21.5 Å². The first-order valence-electron chi connectivity index (χ1n) is 4.44. The lowest BCUT2D eigenvalue weighted by atomic mass is 10.3. The van der Waals surface area contributed by atoms with Crippen LogP contribution in [0.4, 0.5) is 5.69 Å². The summed E-state index contributed by atoms with van der Waals surface area (Å²) in [5.74, 6) is 0. The molecule has 5 nitrogen and oxygen atoms in total. The summed E-state index contributed by atoms with van der Waals surface area (Å²) in [6.45, 7) is 1.84. The molecule has 0 fully saturated rings. The number of hydrogen-bond donors (Lipinski definition) is 1. The average molecular weight is 232 g/mol. The number of hydrogen-bond acceptors (Lipinski definition) is 6. The number of anilines is 1. The van der Waals surface area contributed by atoms with E-state index in [0.717, 1.165) is 5.69 Å². The van der Waals surface area contributed by atoms with Crippen LogP contribution in [0, 0.1) is 18.3 Å². The highest BCUT2D eigenvalue weighted by molar-refractivity contribution is 7.99. The van der Waals surface area contributed by atoms with Gasteiger partial charge in [0.25, 0.3) is 5.22 Å². The summed E-state index contributed by atoms with van der Waals surface area (Å²) in [7, 11) is 0. The molecule has 0 aliphatic heterocycles. The molecule has 80 valence electrons. The van der Waals surface area contributed by atoms with E-state index < -0.39 is 0 Å². The zero-order chi connectivity index (χ0) is 11.5. The lowest BCUT2D eigenvalue weighted by Crippen LogP contribution is -1.93. The van der Waals surface area contributed by atoms with Gasteiger partial charge in [-0.1, -0.05) is 0 Å². The molecule has 0 atom stereocenters. The summed E-state index contributed by atoms with van der Waals surface area (Å²) in [5.41, 5.74) is 7.43. The Labute approximate surface area is 96.3 Å². The maximum atomic E-state index is 8.66. The number of pyridine rings is 1. The lowest BCUT2D eigenvalue weighted by molar-refractivity contribution is 0.454. The van der Waals surface area contributed by atoms with Gasteiger partial charge in [0.2, 0.25) is 0 Å². The quantitative estimate of drug-likeness (QED) is 0.851. The van der Waals surface area contributed by atoms with Crippen molar-refractivity contribution in [3.63, 3.8) is 0 Å². The van der Waals surface area contributed by atoms with Gasteiger partial charge in [0, 0.05) is 6.20 Å². The standard InChI is InChI=1S/C10H8N4OS/c1-6-5-15-10(14-6)16-9-8(12)2-7(3-11)4-13-9/h2,4-5H,12H2,1H3. The fraction of sp³-hybridized carbons (Fsp3) is 0.100.